The van der Waals surface area contributed by atoms with Crippen LogP contribution in [0.1, 0.15) is 40.6 Å². The van der Waals surface area contributed by atoms with Crippen LogP contribution in [0.5, 0.6) is 0 Å². The molecule has 6 heteroatoms. The molecule has 0 radical (unpaired) electrons. The first-order valence-corrected chi connectivity index (χ1v) is 7.43. The summed E-state index contributed by atoms with van der Waals surface area (Å²) in [6.07, 6.45) is -0.527. The number of benzene rings is 1. The topological polar surface area (TPSA) is 81.4 Å². The molecule has 0 saturated carbocycles. The number of nitrogens with zero attached hydrogens (tertiary/aromatic N) is 1. The molecule has 0 saturated heterocycles. The molecular formula is C17H20N2O4. The predicted molar refractivity (Wildman–Crippen MR) is 85.3 cm³/mol. The number of carbonyl (C=O) groups excluding carboxylic acids is 2. The Morgan fingerprint density at radius 1 is 1.22 bits per heavy atom. The second-order valence-electron chi connectivity index (χ2n) is 5.41. The molecule has 0 aliphatic rings. The smallest absolute Gasteiger partial charge is 0.338 e. The van der Waals surface area contributed by atoms with Gasteiger partial charge in [0.15, 0.2) is 11.9 Å². The first kappa shape index (κ1) is 16.7. The highest BCUT2D eigenvalue weighted by atomic mass is 16.5. The Bertz CT molecular complexity index is 721. The van der Waals surface area contributed by atoms with Crippen LogP contribution in [0, 0.1) is 20.8 Å². The van der Waals surface area contributed by atoms with Crippen molar-refractivity contribution in [1.82, 2.24) is 5.16 Å². The molecule has 2 rings (SSSR count). The van der Waals surface area contributed by atoms with Crippen LogP contribution in [0.3, 0.4) is 0 Å². The molecule has 122 valence electrons. The zero-order valence-corrected chi connectivity index (χ0v) is 13.7. The van der Waals surface area contributed by atoms with Crippen LogP contribution in [-0.2, 0) is 9.53 Å². The highest BCUT2D eigenvalue weighted by molar-refractivity contribution is 5.97. The van der Waals surface area contributed by atoms with E-state index in [-0.39, 0.29) is 0 Å². The van der Waals surface area contributed by atoms with Crippen LogP contribution >= 0.6 is 0 Å². The average Bonchev–Trinajstić information content (AvgIpc) is 2.92. The van der Waals surface area contributed by atoms with E-state index in [0.717, 1.165) is 11.1 Å². The van der Waals surface area contributed by atoms with Crippen molar-refractivity contribution in [2.75, 3.05) is 5.32 Å². The Hall–Kier alpha value is -2.63. The largest absolute Gasteiger partial charge is 0.449 e. The molecule has 0 spiro atoms. The van der Waals surface area contributed by atoms with E-state index in [1.807, 2.05) is 19.9 Å². The van der Waals surface area contributed by atoms with Gasteiger partial charge in [0.2, 0.25) is 0 Å². The van der Waals surface area contributed by atoms with Gasteiger partial charge in [0.1, 0.15) is 5.76 Å². The summed E-state index contributed by atoms with van der Waals surface area (Å²) in [6, 6.07) is 6.89. The van der Waals surface area contributed by atoms with E-state index in [1.165, 1.54) is 0 Å². The van der Waals surface area contributed by atoms with Gasteiger partial charge in [-0.15, -0.1) is 0 Å². The third-order valence-corrected chi connectivity index (χ3v) is 3.53. The summed E-state index contributed by atoms with van der Waals surface area (Å²) in [5, 5.41) is 6.25. The maximum absolute atomic E-state index is 12.2. The van der Waals surface area contributed by atoms with Gasteiger partial charge >= 0.3 is 5.97 Å². The third kappa shape index (κ3) is 4.18. The molecule has 0 aliphatic heterocycles. The number of ether oxygens (including phenoxy) is 1. The van der Waals surface area contributed by atoms with Crippen molar-refractivity contribution < 1.29 is 18.8 Å². The van der Waals surface area contributed by atoms with Gasteiger partial charge in [-0.05, 0) is 50.5 Å². The van der Waals surface area contributed by atoms with E-state index in [0.29, 0.717) is 23.6 Å². The van der Waals surface area contributed by atoms with Gasteiger partial charge in [0, 0.05) is 6.07 Å². The zero-order valence-electron chi connectivity index (χ0n) is 13.7. The van der Waals surface area contributed by atoms with Crippen molar-refractivity contribution >= 4 is 17.7 Å². The zero-order chi connectivity index (χ0) is 17.0. The van der Waals surface area contributed by atoms with Gasteiger partial charge in [-0.1, -0.05) is 18.1 Å². The van der Waals surface area contributed by atoms with E-state index >= 15 is 0 Å². The molecule has 1 N–H and O–H groups in total. The SMILES string of the molecule is CC[C@@H](OC(=O)c1ccc(C)c(C)c1)C(=O)Nc1cc(C)on1. The molecule has 1 atom stereocenters. The van der Waals surface area contributed by atoms with E-state index in [9.17, 15) is 9.59 Å². The van der Waals surface area contributed by atoms with Crippen LogP contribution in [0.4, 0.5) is 5.82 Å². The maximum Gasteiger partial charge on any atom is 0.338 e. The summed E-state index contributed by atoms with van der Waals surface area (Å²) in [4.78, 5) is 24.4. The summed E-state index contributed by atoms with van der Waals surface area (Å²) in [5.74, 6) is -0.0712. The predicted octanol–water partition coefficient (Wildman–Crippen LogP) is 3.17. The molecule has 6 nitrogen and oxygen atoms in total. The monoisotopic (exact) mass is 316 g/mol. The number of aryl methyl sites for hydroxylation is 3. The number of hydrogen-bond donors (Lipinski definition) is 1. The fourth-order valence-electron chi connectivity index (χ4n) is 2.02. The van der Waals surface area contributed by atoms with Crippen molar-refractivity contribution in [3.63, 3.8) is 0 Å². The lowest BCUT2D eigenvalue weighted by Gasteiger charge is -2.15. The van der Waals surface area contributed by atoms with Crippen molar-refractivity contribution in [1.29, 1.82) is 0 Å². The minimum atomic E-state index is -0.888. The summed E-state index contributed by atoms with van der Waals surface area (Å²) in [7, 11) is 0. The molecule has 1 aromatic heterocycles. The minimum absolute atomic E-state index is 0.299. The highest BCUT2D eigenvalue weighted by Crippen LogP contribution is 2.14. The van der Waals surface area contributed by atoms with E-state index in [2.05, 4.69) is 10.5 Å². The van der Waals surface area contributed by atoms with Crippen molar-refractivity contribution in [3.05, 3.63) is 46.7 Å². The average molecular weight is 316 g/mol. The molecule has 0 aliphatic carbocycles. The Balaban J connectivity index is 2.04. The van der Waals surface area contributed by atoms with Gasteiger partial charge in [0.05, 0.1) is 5.56 Å². The number of aromatic nitrogens is 1. The molecule has 1 aromatic carbocycles. The number of amides is 1. The number of anilines is 1. The Morgan fingerprint density at radius 3 is 2.52 bits per heavy atom. The van der Waals surface area contributed by atoms with E-state index in [1.54, 1.807) is 32.0 Å². The number of hydrogen-bond acceptors (Lipinski definition) is 5. The van der Waals surface area contributed by atoms with Crippen LogP contribution in [0.2, 0.25) is 0 Å². The van der Waals surface area contributed by atoms with Gasteiger partial charge in [-0.2, -0.15) is 0 Å². The molecule has 0 fully saturated rings. The number of carbonyl (C=O) groups is 2. The lowest BCUT2D eigenvalue weighted by Crippen LogP contribution is -2.32. The fourth-order valence-corrected chi connectivity index (χ4v) is 2.02. The van der Waals surface area contributed by atoms with Crippen LogP contribution < -0.4 is 5.32 Å². The molecule has 0 bridgehead atoms. The van der Waals surface area contributed by atoms with E-state index < -0.39 is 18.0 Å². The molecule has 23 heavy (non-hydrogen) atoms. The van der Waals surface area contributed by atoms with Crippen LogP contribution in [-0.4, -0.2) is 23.1 Å². The Kier molecular flexibility index (Phi) is 5.16. The molecule has 2 aromatic rings. The first-order chi connectivity index (χ1) is 10.9. The summed E-state index contributed by atoms with van der Waals surface area (Å²) in [6.45, 7) is 7.38. The second-order valence-corrected chi connectivity index (χ2v) is 5.41. The highest BCUT2D eigenvalue weighted by Gasteiger charge is 2.23. The lowest BCUT2D eigenvalue weighted by atomic mass is 10.1. The minimum Gasteiger partial charge on any atom is -0.449 e. The number of esters is 1. The lowest BCUT2D eigenvalue weighted by molar-refractivity contribution is -0.124. The quantitative estimate of drug-likeness (QED) is 0.857. The Labute approximate surface area is 134 Å². The van der Waals surface area contributed by atoms with Gasteiger partial charge < -0.3 is 14.6 Å². The molecule has 1 heterocycles. The van der Waals surface area contributed by atoms with Gasteiger partial charge in [0.25, 0.3) is 5.91 Å². The summed E-state index contributed by atoms with van der Waals surface area (Å²) >= 11 is 0. The van der Waals surface area contributed by atoms with Crippen molar-refractivity contribution in [2.24, 2.45) is 0 Å². The molecular weight excluding hydrogens is 296 g/mol. The van der Waals surface area contributed by atoms with Gasteiger partial charge in [-0.25, -0.2) is 4.79 Å². The van der Waals surface area contributed by atoms with E-state index in [4.69, 9.17) is 9.26 Å². The number of nitrogens with one attached hydrogen (secondary N) is 1. The second kappa shape index (κ2) is 7.09. The Morgan fingerprint density at radius 2 is 1.96 bits per heavy atom. The molecule has 1 amide bonds. The normalized spacial score (nSPS) is 11.8. The van der Waals surface area contributed by atoms with Crippen LogP contribution in [0.25, 0.3) is 0 Å². The first-order valence-electron chi connectivity index (χ1n) is 7.43. The summed E-state index contributed by atoms with van der Waals surface area (Å²) < 4.78 is 10.2. The number of rotatable bonds is 5. The van der Waals surface area contributed by atoms with Crippen molar-refractivity contribution in [3.8, 4) is 0 Å². The summed E-state index contributed by atoms with van der Waals surface area (Å²) in [5.41, 5.74) is 2.51. The van der Waals surface area contributed by atoms with Gasteiger partial charge in [-0.3, -0.25) is 4.79 Å². The van der Waals surface area contributed by atoms with Crippen molar-refractivity contribution in [2.45, 2.75) is 40.2 Å². The third-order valence-electron chi connectivity index (χ3n) is 3.53. The molecule has 0 unspecified atom stereocenters. The maximum atomic E-state index is 12.2. The standard InChI is InChI=1S/C17H20N2O4/c1-5-14(16(20)18-15-9-12(4)23-19-15)22-17(21)13-7-6-10(2)11(3)8-13/h6-9,14H,5H2,1-4H3,(H,18,19,20)/t14-/m1/s1. The van der Waals surface area contributed by atoms with Crippen LogP contribution in [0.15, 0.2) is 28.8 Å². The fraction of sp³-hybridized carbons (Fsp3) is 0.353.